The maximum absolute atomic E-state index is 9.65. The Morgan fingerprint density at radius 1 is 1.50 bits per heavy atom. The van der Waals surface area contributed by atoms with E-state index in [0.717, 1.165) is 17.7 Å². The summed E-state index contributed by atoms with van der Waals surface area (Å²) in [7, 11) is 0. The first-order valence-corrected chi connectivity index (χ1v) is 5.55. The Bertz CT molecular complexity index is 431. The van der Waals surface area contributed by atoms with Gasteiger partial charge in [-0.15, -0.1) is 6.42 Å². The average molecular weight is 215 g/mol. The zero-order valence-corrected chi connectivity index (χ0v) is 9.70. The number of rotatable bonds is 2. The van der Waals surface area contributed by atoms with Gasteiger partial charge in [0.05, 0.1) is 6.10 Å². The minimum atomic E-state index is -0.208. The molecule has 0 bridgehead atoms. The van der Waals surface area contributed by atoms with Crippen LogP contribution in [0.3, 0.4) is 0 Å². The molecule has 2 N–H and O–H groups in total. The second kappa shape index (κ2) is 3.84. The van der Waals surface area contributed by atoms with E-state index in [0.29, 0.717) is 6.04 Å². The van der Waals surface area contributed by atoms with Gasteiger partial charge in [0.15, 0.2) is 0 Å². The van der Waals surface area contributed by atoms with Crippen LogP contribution in [0.5, 0.6) is 0 Å². The molecule has 0 spiro atoms. The maximum Gasteiger partial charge on any atom is 0.0630 e. The Kier molecular flexibility index (Phi) is 2.65. The van der Waals surface area contributed by atoms with E-state index in [4.69, 9.17) is 6.42 Å². The normalized spacial score (nSPS) is 26.6. The molecule has 0 radical (unpaired) electrons. The maximum atomic E-state index is 9.65. The molecular weight excluding hydrogens is 198 g/mol. The van der Waals surface area contributed by atoms with Crippen molar-refractivity contribution in [3.05, 3.63) is 29.8 Å². The SMILES string of the molecule is C#Cc1cccc(NC2CC(O)C2(C)C)c1. The largest absolute Gasteiger partial charge is 0.392 e. The van der Waals surface area contributed by atoms with Crippen molar-refractivity contribution in [2.45, 2.75) is 32.4 Å². The van der Waals surface area contributed by atoms with Gasteiger partial charge >= 0.3 is 0 Å². The molecule has 0 heterocycles. The lowest BCUT2D eigenvalue weighted by atomic mass is 9.64. The summed E-state index contributed by atoms with van der Waals surface area (Å²) in [5.74, 6) is 2.62. The highest BCUT2D eigenvalue weighted by molar-refractivity contribution is 5.51. The molecule has 0 saturated heterocycles. The molecule has 16 heavy (non-hydrogen) atoms. The Morgan fingerprint density at radius 3 is 2.81 bits per heavy atom. The van der Waals surface area contributed by atoms with E-state index in [1.807, 2.05) is 24.3 Å². The third-order valence-electron chi connectivity index (χ3n) is 3.59. The summed E-state index contributed by atoms with van der Waals surface area (Å²) in [5, 5.41) is 13.1. The number of hydrogen-bond acceptors (Lipinski definition) is 2. The van der Waals surface area contributed by atoms with Crippen LogP contribution in [0.4, 0.5) is 5.69 Å². The first-order chi connectivity index (χ1) is 7.54. The third kappa shape index (κ3) is 1.79. The fourth-order valence-corrected chi connectivity index (χ4v) is 2.05. The Morgan fingerprint density at radius 2 is 2.25 bits per heavy atom. The number of nitrogens with one attached hydrogen (secondary N) is 1. The molecule has 0 aliphatic heterocycles. The van der Waals surface area contributed by atoms with Crippen LogP contribution in [0.1, 0.15) is 25.8 Å². The lowest BCUT2D eigenvalue weighted by Crippen LogP contribution is -2.56. The minimum Gasteiger partial charge on any atom is -0.392 e. The highest BCUT2D eigenvalue weighted by Gasteiger charge is 2.47. The number of terminal acetylenes is 1. The molecule has 1 aromatic rings. The number of hydrogen-bond donors (Lipinski definition) is 2. The molecule has 2 unspecified atom stereocenters. The molecule has 0 amide bonds. The van der Waals surface area contributed by atoms with Crippen LogP contribution in [0, 0.1) is 17.8 Å². The molecule has 2 rings (SSSR count). The Balaban J connectivity index is 2.08. The molecule has 1 fully saturated rings. The lowest BCUT2D eigenvalue weighted by molar-refractivity contribution is -0.0510. The standard InChI is InChI=1S/C14H17NO/c1-4-10-6-5-7-11(8-10)15-12-9-13(16)14(12,2)3/h1,5-8,12-13,15-16H,9H2,2-3H3. The number of aliphatic hydroxyl groups is 1. The van der Waals surface area contributed by atoms with E-state index < -0.39 is 0 Å². The molecule has 2 heteroatoms. The van der Waals surface area contributed by atoms with Crippen molar-refractivity contribution in [3.63, 3.8) is 0 Å². The molecule has 1 aliphatic carbocycles. The summed E-state index contributed by atoms with van der Waals surface area (Å²) in [6.45, 7) is 4.15. The topological polar surface area (TPSA) is 32.3 Å². The molecule has 1 saturated carbocycles. The Labute approximate surface area is 96.7 Å². The number of anilines is 1. The van der Waals surface area contributed by atoms with Gasteiger partial charge in [-0.25, -0.2) is 0 Å². The van der Waals surface area contributed by atoms with E-state index in [1.165, 1.54) is 0 Å². The first kappa shape index (κ1) is 11.0. The average Bonchev–Trinajstić information content (AvgIpc) is 2.29. The van der Waals surface area contributed by atoms with Crippen molar-refractivity contribution in [1.29, 1.82) is 0 Å². The van der Waals surface area contributed by atoms with Gasteiger partial charge in [-0.2, -0.15) is 0 Å². The lowest BCUT2D eigenvalue weighted by Gasteiger charge is -2.49. The highest BCUT2D eigenvalue weighted by atomic mass is 16.3. The van der Waals surface area contributed by atoms with Gasteiger partial charge in [-0.1, -0.05) is 25.8 Å². The first-order valence-electron chi connectivity index (χ1n) is 5.55. The van der Waals surface area contributed by atoms with Gasteiger partial charge in [-0.05, 0) is 24.6 Å². The predicted octanol–water partition coefficient (Wildman–Crippen LogP) is 2.24. The van der Waals surface area contributed by atoms with E-state index in [-0.39, 0.29) is 11.5 Å². The predicted molar refractivity (Wildman–Crippen MR) is 66.2 cm³/mol. The quantitative estimate of drug-likeness (QED) is 0.742. The van der Waals surface area contributed by atoms with Crippen LogP contribution >= 0.6 is 0 Å². The number of aliphatic hydroxyl groups excluding tert-OH is 1. The van der Waals surface area contributed by atoms with Gasteiger partial charge in [0, 0.05) is 22.7 Å². The molecular formula is C14H17NO. The second-order valence-corrected chi connectivity index (χ2v) is 4.99. The summed E-state index contributed by atoms with van der Waals surface area (Å²) in [6.07, 6.45) is 5.94. The minimum absolute atomic E-state index is 0.0633. The smallest absolute Gasteiger partial charge is 0.0630 e. The van der Waals surface area contributed by atoms with Crippen molar-refractivity contribution in [2.24, 2.45) is 5.41 Å². The third-order valence-corrected chi connectivity index (χ3v) is 3.59. The van der Waals surface area contributed by atoms with Gasteiger partial charge in [0.2, 0.25) is 0 Å². The molecule has 2 nitrogen and oxygen atoms in total. The summed E-state index contributed by atoms with van der Waals surface area (Å²) >= 11 is 0. The van der Waals surface area contributed by atoms with Crippen LogP contribution in [0.25, 0.3) is 0 Å². The van der Waals surface area contributed by atoms with Crippen molar-refractivity contribution in [1.82, 2.24) is 0 Å². The molecule has 0 aromatic heterocycles. The zero-order chi connectivity index (χ0) is 11.8. The second-order valence-electron chi connectivity index (χ2n) is 4.99. The van der Waals surface area contributed by atoms with Crippen LogP contribution in [0.2, 0.25) is 0 Å². The van der Waals surface area contributed by atoms with Gasteiger partial charge < -0.3 is 10.4 Å². The van der Waals surface area contributed by atoms with Crippen molar-refractivity contribution in [3.8, 4) is 12.3 Å². The zero-order valence-electron chi connectivity index (χ0n) is 9.70. The van der Waals surface area contributed by atoms with Crippen molar-refractivity contribution >= 4 is 5.69 Å². The molecule has 1 aromatic carbocycles. The van der Waals surface area contributed by atoms with Crippen LogP contribution in [-0.2, 0) is 0 Å². The van der Waals surface area contributed by atoms with E-state index in [2.05, 4.69) is 25.1 Å². The van der Waals surface area contributed by atoms with Gasteiger partial charge in [0.1, 0.15) is 0 Å². The van der Waals surface area contributed by atoms with Crippen LogP contribution in [-0.4, -0.2) is 17.3 Å². The highest BCUT2D eigenvalue weighted by Crippen LogP contribution is 2.42. The van der Waals surface area contributed by atoms with Crippen molar-refractivity contribution in [2.75, 3.05) is 5.32 Å². The fraction of sp³-hybridized carbons (Fsp3) is 0.429. The number of benzene rings is 1. The van der Waals surface area contributed by atoms with Crippen molar-refractivity contribution < 1.29 is 5.11 Å². The van der Waals surface area contributed by atoms with E-state index >= 15 is 0 Å². The van der Waals surface area contributed by atoms with E-state index in [1.54, 1.807) is 0 Å². The monoisotopic (exact) mass is 215 g/mol. The van der Waals surface area contributed by atoms with Gasteiger partial charge in [0.25, 0.3) is 0 Å². The molecule has 2 atom stereocenters. The summed E-state index contributed by atoms with van der Waals surface area (Å²) < 4.78 is 0. The van der Waals surface area contributed by atoms with Gasteiger partial charge in [-0.3, -0.25) is 0 Å². The summed E-state index contributed by atoms with van der Waals surface area (Å²) in [4.78, 5) is 0. The Hall–Kier alpha value is -1.46. The van der Waals surface area contributed by atoms with Crippen LogP contribution in [0.15, 0.2) is 24.3 Å². The fourth-order valence-electron chi connectivity index (χ4n) is 2.05. The summed E-state index contributed by atoms with van der Waals surface area (Å²) in [5.41, 5.74) is 1.84. The van der Waals surface area contributed by atoms with E-state index in [9.17, 15) is 5.11 Å². The summed E-state index contributed by atoms with van der Waals surface area (Å²) in [6, 6.07) is 8.13. The van der Waals surface area contributed by atoms with Crippen LogP contribution < -0.4 is 5.32 Å². The molecule has 1 aliphatic rings. The molecule has 84 valence electrons.